The van der Waals surface area contributed by atoms with Crippen molar-refractivity contribution < 1.29 is 27.5 Å². The van der Waals surface area contributed by atoms with Crippen LogP contribution in [0.3, 0.4) is 0 Å². The van der Waals surface area contributed by atoms with Crippen LogP contribution < -0.4 is 19.8 Å². The number of anilines is 4. The van der Waals surface area contributed by atoms with Gasteiger partial charge in [0.15, 0.2) is 0 Å². The first-order valence-corrected chi connectivity index (χ1v) is 14.1. The number of rotatable bonds is 8. The van der Waals surface area contributed by atoms with Crippen LogP contribution in [-0.4, -0.2) is 64.4 Å². The van der Waals surface area contributed by atoms with Crippen LogP contribution in [0.25, 0.3) is 0 Å². The Morgan fingerprint density at radius 2 is 1.73 bits per heavy atom. The van der Waals surface area contributed by atoms with Gasteiger partial charge in [-0.25, -0.2) is 13.8 Å². The molecule has 1 aromatic carbocycles. The number of aliphatic hydroxyl groups excluding tert-OH is 1. The van der Waals surface area contributed by atoms with Gasteiger partial charge in [-0.3, -0.25) is 4.79 Å². The van der Waals surface area contributed by atoms with Crippen molar-refractivity contribution in [1.82, 2.24) is 9.97 Å². The lowest BCUT2D eigenvalue weighted by atomic mass is 10.0. The molecule has 0 bridgehead atoms. The number of nitrogens with one attached hydrogen (secondary N) is 2. The SMILES string of the molecule is Cc1cc(NC(=O)c2ccc(NSC3(CO)CC3)cc2N2CCC(=C(F)F)CC2)nc(N2CCC(F)(F)CC2)n1. The molecular formula is C27H32F4N6O2S. The zero-order chi connectivity index (χ0) is 28.5. The Hall–Kier alpha value is -3.06. The lowest BCUT2D eigenvalue weighted by Gasteiger charge is -2.32. The molecule has 2 saturated heterocycles. The highest BCUT2D eigenvalue weighted by Crippen LogP contribution is 2.48. The highest BCUT2D eigenvalue weighted by atomic mass is 32.2. The third kappa shape index (κ3) is 6.63. The van der Waals surface area contributed by atoms with Gasteiger partial charge in [0.05, 0.1) is 22.6 Å². The van der Waals surface area contributed by atoms with Crippen LogP contribution in [0.2, 0.25) is 0 Å². The average Bonchev–Trinajstić information content (AvgIpc) is 3.72. The van der Waals surface area contributed by atoms with E-state index in [1.54, 1.807) is 30.0 Å². The molecular weight excluding hydrogens is 548 g/mol. The fraction of sp³-hybridized carbons (Fsp3) is 0.519. The molecule has 0 spiro atoms. The summed E-state index contributed by atoms with van der Waals surface area (Å²) in [4.78, 5) is 25.9. The minimum atomic E-state index is -2.70. The number of carbonyl (C=O) groups is 1. The van der Waals surface area contributed by atoms with Crippen molar-refractivity contribution >= 4 is 41.0 Å². The predicted octanol–water partition coefficient (Wildman–Crippen LogP) is 5.61. The van der Waals surface area contributed by atoms with Gasteiger partial charge in [-0.05, 0) is 68.3 Å². The van der Waals surface area contributed by atoms with Crippen LogP contribution >= 0.6 is 11.9 Å². The summed E-state index contributed by atoms with van der Waals surface area (Å²) in [6.45, 7) is 2.70. The van der Waals surface area contributed by atoms with Gasteiger partial charge in [-0.2, -0.15) is 13.8 Å². The second kappa shape index (κ2) is 11.4. The molecule has 1 saturated carbocycles. The first-order valence-electron chi connectivity index (χ1n) is 13.3. The van der Waals surface area contributed by atoms with E-state index in [4.69, 9.17) is 0 Å². The molecule has 3 N–H and O–H groups in total. The van der Waals surface area contributed by atoms with E-state index in [2.05, 4.69) is 20.0 Å². The molecule has 2 aromatic rings. The van der Waals surface area contributed by atoms with Crippen molar-refractivity contribution in [3.63, 3.8) is 0 Å². The normalized spacial score (nSPS) is 19.8. The minimum absolute atomic E-state index is 0.0637. The molecule has 13 heteroatoms. The summed E-state index contributed by atoms with van der Waals surface area (Å²) in [5.74, 6) is -2.61. The van der Waals surface area contributed by atoms with E-state index in [0.29, 0.717) is 30.0 Å². The monoisotopic (exact) mass is 580 g/mol. The zero-order valence-electron chi connectivity index (χ0n) is 22.2. The molecule has 3 fully saturated rings. The summed E-state index contributed by atoms with van der Waals surface area (Å²) in [5, 5.41) is 12.4. The number of amides is 1. The summed E-state index contributed by atoms with van der Waals surface area (Å²) in [7, 11) is 0. The minimum Gasteiger partial charge on any atom is -0.395 e. The number of hydrogen-bond acceptors (Lipinski definition) is 8. The number of aromatic nitrogens is 2. The average molecular weight is 581 g/mol. The number of carbonyl (C=O) groups excluding carboxylic acids is 1. The number of piperidine rings is 2. The van der Waals surface area contributed by atoms with Gasteiger partial charge in [0.25, 0.3) is 17.9 Å². The Balaban J connectivity index is 1.37. The first-order chi connectivity index (χ1) is 19.1. The van der Waals surface area contributed by atoms with E-state index in [0.717, 1.165) is 18.5 Å². The van der Waals surface area contributed by atoms with Crippen molar-refractivity contribution in [3.8, 4) is 0 Å². The summed E-state index contributed by atoms with van der Waals surface area (Å²) in [6, 6.07) is 6.87. The molecule has 1 amide bonds. The lowest BCUT2D eigenvalue weighted by Crippen LogP contribution is -2.40. The predicted molar refractivity (Wildman–Crippen MR) is 149 cm³/mol. The maximum absolute atomic E-state index is 13.6. The highest BCUT2D eigenvalue weighted by Gasteiger charge is 2.43. The van der Waals surface area contributed by atoms with Crippen LogP contribution in [0, 0.1) is 6.92 Å². The molecule has 0 unspecified atom stereocenters. The summed E-state index contributed by atoms with van der Waals surface area (Å²) in [5.41, 5.74) is 2.39. The fourth-order valence-electron chi connectivity index (χ4n) is 4.83. The molecule has 3 heterocycles. The molecule has 216 valence electrons. The molecule has 0 atom stereocenters. The van der Waals surface area contributed by atoms with Crippen molar-refractivity contribution in [2.45, 2.75) is 56.1 Å². The van der Waals surface area contributed by atoms with E-state index in [9.17, 15) is 27.5 Å². The molecule has 5 rings (SSSR count). The van der Waals surface area contributed by atoms with Crippen LogP contribution in [0.5, 0.6) is 0 Å². The van der Waals surface area contributed by atoms with Crippen LogP contribution in [0.1, 0.15) is 54.6 Å². The Bertz CT molecular complexity index is 1280. The Morgan fingerprint density at radius 3 is 2.35 bits per heavy atom. The molecule has 1 aromatic heterocycles. The second-order valence-corrected chi connectivity index (χ2v) is 11.9. The number of aryl methyl sites for hydroxylation is 1. The fourth-order valence-corrected chi connectivity index (χ4v) is 5.66. The largest absolute Gasteiger partial charge is 0.395 e. The third-order valence-corrected chi connectivity index (χ3v) is 8.87. The van der Waals surface area contributed by atoms with Gasteiger partial charge < -0.3 is 24.9 Å². The van der Waals surface area contributed by atoms with Crippen molar-refractivity contribution in [2.75, 3.05) is 52.6 Å². The molecule has 3 aliphatic rings. The number of benzene rings is 1. The summed E-state index contributed by atoms with van der Waals surface area (Å²) >= 11 is 1.44. The number of hydrogen-bond donors (Lipinski definition) is 3. The highest BCUT2D eigenvalue weighted by molar-refractivity contribution is 8.02. The summed E-state index contributed by atoms with van der Waals surface area (Å²) in [6.07, 6.45) is 0.00379. The number of halogens is 4. The molecule has 1 aliphatic carbocycles. The molecule has 40 heavy (non-hydrogen) atoms. The maximum atomic E-state index is 13.6. The molecule has 2 aliphatic heterocycles. The first kappa shape index (κ1) is 28.5. The van der Waals surface area contributed by atoms with Gasteiger partial charge in [-0.15, -0.1) is 0 Å². The number of nitrogens with zero attached hydrogens (tertiary/aromatic N) is 4. The van der Waals surface area contributed by atoms with E-state index in [1.165, 1.54) is 11.9 Å². The van der Waals surface area contributed by atoms with E-state index < -0.39 is 17.9 Å². The van der Waals surface area contributed by atoms with E-state index in [1.807, 2.05) is 11.0 Å². The second-order valence-electron chi connectivity index (χ2n) is 10.6. The van der Waals surface area contributed by atoms with Gasteiger partial charge in [0.1, 0.15) is 5.82 Å². The Kier molecular flexibility index (Phi) is 8.14. The van der Waals surface area contributed by atoms with Crippen molar-refractivity contribution in [3.05, 3.63) is 47.2 Å². The smallest absolute Gasteiger partial charge is 0.269 e. The molecule has 0 radical (unpaired) electrons. The zero-order valence-corrected chi connectivity index (χ0v) is 23.0. The number of alkyl halides is 2. The Morgan fingerprint density at radius 1 is 1.02 bits per heavy atom. The maximum Gasteiger partial charge on any atom is 0.269 e. The van der Waals surface area contributed by atoms with Crippen molar-refractivity contribution in [2.24, 2.45) is 0 Å². The standard InChI is InChI=1S/C27H32F4N6O2S/c1-17-14-22(34-25(32-17)37-12-8-27(30,31)9-13-37)33-24(39)20-3-2-19(35-40-26(16-38)6-7-26)15-21(20)36-10-4-18(5-11-36)23(28)29/h2-3,14-15,35,38H,4-13,16H2,1H3,(H,32,33,34,39). The van der Waals surface area contributed by atoms with Crippen LogP contribution in [-0.2, 0) is 0 Å². The Labute approximate surface area is 234 Å². The quantitative estimate of drug-likeness (QED) is 0.274. The summed E-state index contributed by atoms with van der Waals surface area (Å²) < 4.78 is 56.7. The van der Waals surface area contributed by atoms with Gasteiger partial charge >= 0.3 is 0 Å². The topological polar surface area (TPSA) is 93.6 Å². The van der Waals surface area contributed by atoms with Gasteiger partial charge in [-0.1, -0.05) is 0 Å². The van der Waals surface area contributed by atoms with Crippen LogP contribution in [0.15, 0.2) is 35.9 Å². The van der Waals surface area contributed by atoms with E-state index >= 15 is 0 Å². The third-order valence-electron chi connectivity index (χ3n) is 7.56. The number of aliphatic hydroxyl groups is 1. The van der Waals surface area contributed by atoms with Crippen LogP contribution in [0.4, 0.5) is 40.7 Å². The van der Waals surface area contributed by atoms with E-state index in [-0.39, 0.29) is 67.5 Å². The lowest BCUT2D eigenvalue weighted by molar-refractivity contribution is -0.0222. The molecule has 8 nitrogen and oxygen atoms in total. The van der Waals surface area contributed by atoms with Crippen molar-refractivity contribution in [1.29, 1.82) is 0 Å². The van der Waals surface area contributed by atoms with Gasteiger partial charge in [0, 0.05) is 56.5 Å². The van der Waals surface area contributed by atoms with Gasteiger partial charge in [0.2, 0.25) is 5.95 Å².